The van der Waals surface area contributed by atoms with Crippen LogP contribution in [-0.2, 0) is 4.79 Å². The average Bonchev–Trinajstić information content (AvgIpc) is 2.77. The Morgan fingerprint density at radius 3 is 2.79 bits per heavy atom. The number of aromatic nitrogens is 1. The zero-order valence-electron chi connectivity index (χ0n) is 10.4. The van der Waals surface area contributed by atoms with Crippen molar-refractivity contribution in [1.29, 1.82) is 0 Å². The molecule has 1 amide bonds. The van der Waals surface area contributed by atoms with Crippen molar-refractivity contribution in [1.82, 2.24) is 4.98 Å². The number of benzene rings is 1. The van der Waals surface area contributed by atoms with Crippen molar-refractivity contribution in [3.8, 4) is 0 Å². The van der Waals surface area contributed by atoms with Gasteiger partial charge in [-0.3, -0.25) is 4.79 Å². The lowest BCUT2D eigenvalue weighted by Crippen LogP contribution is -2.09. The number of rotatable bonds is 4. The van der Waals surface area contributed by atoms with Gasteiger partial charge in [0, 0.05) is 11.8 Å². The van der Waals surface area contributed by atoms with Gasteiger partial charge < -0.3 is 5.32 Å². The van der Waals surface area contributed by atoms with E-state index in [2.05, 4.69) is 10.3 Å². The van der Waals surface area contributed by atoms with Gasteiger partial charge in [0.2, 0.25) is 5.91 Å². The first-order valence-corrected chi connectivity index (χ1v) is 6.65. The van der Waals surface area contributed by atoms with Gasteiger partial charge in [-0.15, -0.1) is 11.3 Å². The molecular weight excluding hydrogens is 263 g/mol. The maximum Gasteiger partial charge on any atom is 0.229 e. The standard InChI is InChI=1S/C14H13FN2OS/c1-10-9-19-14(16-10)17-13(18)4-2-3-11-5-7-12(15)8-6-11/h2-3,5-9H,4H2,1H3,(H,16,17,18). The van der Waals surface area contributed by atoms with Crippen LogP contribution in [0.3, 0.4) is 0 Å². The van der Waals surface area contributed by atoms with Gasteiger partial charge in [0.1, 0.15) is 5.82 Å². The second-order valence-electron chi connectivity index (χ2n) is 4.00. The van der Waals surface area contributed by atoms with E-state index in [1.807, 2.05) is 12.3 Å². The summed E-state index contributed by atoms with van der Waals surface area (Å²) in [5.41, 5.74) is 1.75. The third-order valence-electron chi connectivity index (χ3n) is 2.35. The number of nitrogens with one attached hydrogen (secondary N) is 1. The lowest BCUT2D eigenvalue weighted by atomic mass is 10.2. The van der Waals surface area contributed by atoms with Crippen LogP contribution < -0.4 is 5.32 Å². The summed E-state index contributed by atoms with van der Waals surface area (Å²) < 4.78 is 12.7. The molecule has 2 rings (SSSR count). The van der Waals surface area contributed by atoms with Crippen molar-refractivity contribution >= 4 is 28.5 Å². The van der Waals surface area contributed by atoms with E-state index in [9.17, 15) is 9.18 Å². The first kappa shape index (κ1) is 13.4. The molecule has 5 heteroatoms. The molecule has 3 nitrogen and oxygen atoms in total. The first-order valence-electron chi connectivity index (χ1n) is 5.77. The van der Waals surface area contributed by atoms with Crippen LogP contribution in [-0.4, -0.2) is 10.9 Å². The highest BCUT2D eigenvalue weighted by molar-refractivity contribution is 7.13. The third kappa shape index (κ3) is 4.30. The second kappa shape index (κ2) is 6.24. The maximum absolute atomic E-state index is 12.7. The summed E-state index contributed by atoms with van der Waals surface area (Å²) in [6.07, 6.45) is 3.78. The Morgan fingerprint density at radius 1 is 1.42 bits per heavy atom. The van der Waals surface area contributed by atoms with Gasteiger partial charge in [-0.2, -0.15) is 0 Å². The Kier molecular flexibility index (Phi) is 4.41. The molecule has 0 atom stereocenters. The molecule has 0 unspecified atom stereocenters. The summed E-state index contributed by atoms with van der Waals surface area (Å²) in [7, 11) is 0. The maximum atomic E-state index is 12.7. The molecule has 0 saturated heterocycles. The van der Waals surface area contributed by atoms with Crippen molar-refractivity contribution in [2.75, 3.05) is 5.32 Å². The van der Waals surface area contributed by atoms with E-state index in [1.54, 1.807) is 24.3 Å². The number of nitrogens with zero attached hydrogens (tertiary/aromatic N) is 1. The van der Waals surface area contributed by atoms with Crippen LogP contribution in [0.4, 0.5) is 9.52 Å². The number of carbonyl (C=O) groups excluding carboxylic acids is 1. The van der Waals surface area contributed by atoms with Crippen molar-refractivity contribution in [3.63, 3.8) is 0 Å². The molecule has 0 bridgehead atoms. The smallest absolute Gasteiger partial charge is 0.229 e. The largest absolute Gasteiger partial charge is 0.302 e. The molecule has 0 aliphatic rings. The average molecular weight is 276 g/mol. The van der Waals surface area contributed by atoms with E-state index in [4.69, 9.17) is 0 Å². The van der Waals surface area contributed by atoms with Crippen molar-refractivity contribution < 1.29 is 9.18 Å². The Labute approximate surface area is 114 Å². The topological polar surface area (TPSA) is 42.0 Å². The molecule has 0 aliphatic carbocycles. The zero-order valence-corrected chi connectivity index (χ0v) is 11.2. The quantitative estimate of drug-likeness (QED) is 0.926. The predicted molar refractivity (Wildman–Crippen MR) is 75.5 cm³/mol. The monoisotopic (exact) mass is 276 g/mol. The van der Waals surface area contributed by atoms with E-state index in [0.29, 0.717) is 5.13 Å². The van der Waals surface area contributed by atoms with Crippen molar-refractivity contribution in [2.45, 2.75) is 13.3 Å². The highest BCUT2D eigenvalue weighted by atomic mass is 32.1. The van der Waals surface area contributed by atoms with E-state index in [-0.39, 0.29) is 18.1 Å². The molecule has 0 fully saturated rings. The fourth-order valence-corrected chi connectivity index (χ4v) is 2.16. The second-order valence-corrected chi connectivity index (χ2v) is 4.86. The van der Waals surface area contributed by atoms with Gasteiger partial charge in [-0.05, 0) is 24.6 Å². The zero-order chi connectivity index (χ0) is 13.7. The minimum absolute atomic E-state index is 0.118. The van der Waals surface area contributed by atoms with Crippen molar-refractivity contribution in [2.24, 2.45) is 0 Å². The van der Waals surface area contributed by atoms with Crippen LogP contribution in [0.5, 0.6) is 0 Å². The van der Waals surface area contributed by atoms with Crippen LogP contribution in [0, 0.1) is 12.7 Å². The first-order chi connectivity index (χ1) is 9.13. The van der Waals surface area contributed by atoms with Crippen molar-refractivity contribution in [3.05, 3.63) is 52.8 Å². The number of hydrogen-bond acceptors (Lipinski definition) is 3. The molecule has 98 valence electrons. The minimum Gasteiger partial charge on any atom is -0.302 e. The van der Waals surface area contributed by atoms with E-state index in [1.165, 1.54) is 23.5 Å². The molecule has 2 aromatic rings. The van der Waals surface area contributed by atoms with E-state index >= 15 is 0 Å². The molecule has 1 aromatic carbocycles. The molecule has 0 spiro atoms. The van der Waals surface area contributed by atoms with Crippen LogP contribution in [0.25, 0.3) is 6.08 Å². The minimum atomic E-state index is -0.269. The summed E-state index contributed by atoms with van der Waals surface area (Å²) in [5.74, 6) is -0.387. The Hall–Kier alpha value is -2.01. The fourth-order valence-electron chi connectivity index (χ4n) is 1.46. The summed E-state index contributed by atoms with van der Waals surface area (Å²) in [6, 6.07) is 6.10. The summed E-state index contributed by atoms with van der Waals surface area (Å²) in [5, 5.41) is 5.20. The highest BCUT2D eigenvalue weighted by Gasteiger charge is 2.02. The molecule has 1 N–H and O–H groups in total. The van der Waals surface area contributed by atoms with Crippen LogP contribution in [0.1, 0.15) is 17.7 Å². The number of halogens is 1. The van der Waals surface area contributed by atoms with Gasteiger partial charge in [0.25, 0.3) is 0 Å². The van der Waals surface area contributed by atoms with Gasteiger partial charge in [0.15, 0.2) is 5.13 Å². The molecule has 0 aliphatic heterocycles. The van der Waals surface area contributed by atoms with E-state index in [0.717, 1.165) is 11.3 Å². The number of aryl methyl sites for hydroxylation is 1. The molecule has 19 heavy (non-hydrogen) atoms. The van der Waals surface area contributed by atoms with Crippen LogP contribution >= 0.6 is 11.3 Å². The fraction of sp³-hybridized carbons (Fsp3) is 0.143. The van der Waals surface area contributed by atoms with Crippen LogP contribution in [0.15, 0.2) is 35.7 Å². The highest BCUT2D eigenvalue weighted by Crippen LogP contribution is 2.14. The SMILES string of the molecule is Cc1csc(NC(=O)CC=Cc2ccc(F)cc2)n1. The number of anilines is 1. The summed E-state index contributed by atoms with van der Waals surface area (Å²) >= 11 is 1.40. The molecule has 1 aromatic heterocycles. The van der Waals surface area contributed by atoms with Crippen LogP contribution in [0.2, 0.25) is 0 Å². The molecule has 0 radical (unpaired) electrons. The summed E-state index contributed by atoms with van der Waals surface area (Å²) in [6.45, 7) is 1.88. The van der Waals surface area contributed by atoms with Gasteiger partial charge in [-0.1, -0.05) is 24.3 Å². The van der Waals surface area contributed by atoms with Gasteiger partial charge >= 0.3 is 0 Å². The van der Waals surface area contributed by atoms with Gasteiger partial charge in [-0.25, -0.2) is 9.37 Å². The number of hydrogen-bond donors (Lipinski definition) is 1. The molecule has 1 heterocycles. The Bertz CT molecular complexity index is 590. The Balaban J connectivity index is 1.84. The number of amides is 1. The molecular formula is C14H13FN2OS. The lowest BCUT2D eigenvalue weighted by molar-refractivity contribution is -0.115. The molecule has 0 saturated carbocycles. The van der Waals surface area contributed by atoms with Gasteiger partial charge in [0.05, 0.1) is 5.69 Å². The summed E-state index contributed by atoms with van der Waals surface area (Å²) in [4.78, 5) is 15.8. The third-order valence-corrected chi connectivity index (χ3v) is 3.22. The number of carbonyl (C=O) groups is 1. The number of thiazole rings is 1. The van der Waals surface area contributed by atoms with E-state index < -0.39 is 0 Å². The predicted octanol–water partition coefficient (Wildman–Crippen LogP) is 3.63. The normalized spacial score (nSPS) is 10.8. The lowest BCUT2D eigenvalue weighted by Gasteiger charge is -1.97. The Morgan fingerprint density at radius 2 is 2.16 bits per heavy atom.